The Balaban J connectivity index is 2.51. The van der Waals surface area contributed by atoms with Crippen LogP contribution in [-0.4, -0.2) is 23.3 Å². The molecule has 2 N–H and O–H groups in total. The summed E-state index contributed by atoms with van der Waals surface area (Å²) in [4.78, 5) is 0. The fourth-order valence-corrected chi connectivity index (χ4v) is 1.27. The van der Waals surface area contributed by atoms with Gasteiger partial charge < -0.3 is 10.4 Å². The van der Waals surface area contributed by atoms with E-state index in [0.717, 1.165) is 13.0 Å². The Bertz CT molecular complexity index is 95.1. The van der Waals surface area contributed by atoms with Crippen molar-refractivity contribution in [3.63, 3.8) is 0 Å². The monoisotopic (exact) mass is 129 g/mol. The second kappa shape index (κ2) is 2.27. The second-order valence-corrected chi connectivity index (χ2v) is 3.12. The van der Waals surface area contributed by atoms with Gasteiger partial charge in [-0.1, -0.05) is 0 Å². The van der Waals surface area contributed by atoms with Crippen LogP contribution in [-0.2, 0) is 0 Å². The molecule has 54 valence electrons. The maximum absolute atomic E-state index is 9.25. The molecule has 1 heterocycles. The van der Waals surface area contributed by atoms with Crippen molar-refractivity contribution >= 4 is 0 Å². The zero-order valence-electron chi connectivity index (χ0n) is 6.15. The predicted molar refractivity (Wildman–Crippen MR) is 37.3 cm³/mol. The van der Waals surface area contributed by atoms with Crippen LogP contribution in [0.5, 0.6) is 0 Å². The van der Waals surface area contributed by atoms with E-state index in [1.165, 1.54) is 6.42 Å². The lowest BCUT2D eigenvalue weighted by Gasteiger charge is -2.27. The molecule has 1 unspecified atom stereocenters. The number of aliphatic hydroxyl groups excluding tert-OH is 1. The molecule has 0 saturated carbocycles. The minimum absolute atomic E-state index is 0. The Morgan fingerprint density at radius 1 is 1.67 bits per heavy atom. The Morgan fingerprint density at radius 2 is 2.33 bits per heavy atom. The van der Waals surface area contributed by atoms with Crippen LogP contribution in [0.4, 0.5) is 0 Å². The smallest absolute Gasteiger partial charge is 0.0690 e. The van der Waals surface area contributed by atoms with Gasteiger partial charge >= 0.3 is 0 Å². The van der Waals surface area contributed by atoms with Gasteiger partial charge in [0.2, 0.25) is 0 Å². The lowest BCUT2D eigenvalue weighted by molar-refractivity contribution is 0.0983. The Kier molecular flexibility index (Phi) is 1.78. The Morgan fingerprint density at radius 3 is 2.56 bits per heavy atom. The zero-order chi connectivity index (χ0) is 6.91. The van der Waals surface area contributed by atoms with Crippen LogP contribution in [0.3, 0.4) is 0 Å². The van der Waals surface area contributed by atoms with Crippen molar-refractivity contribution < 1.29 is 5.11 Å². The lowest BCUT2D eigenvalue weighted by atomic mass is 9.94. The largest absolute Gasteiger partial charge is 0.392 e. The van der Waals surface area contributed by atoms with Crippen molar-refractivity contribution in [2.45, 2.75) is 38.3 Å². The minimum Gasteiger partial charge on any atom is -0.392 e. The van der Waals surface area contributed by atoms with Crippen molar-refractivity contribution in [2.75, 3.05) is 6.54 Å². The summed E-state index contributed by atoms with van der Waals surface area (Å²) >= 11 is 0. The van der Waals surface area contributed by atoms with Crippen LogP contribution in [0.2, 0.25) is 0 Å². The summed E-state index contributed by atoms with van der Waals surface area (Å²) in [6.45, 7) is 4.98. The predicted octanol–water partition coefficient (Wildman–Crippen LogP) is 0.509. The number of hydrogen-bond donors (Lipinski definition) is 2. The third-order valence-corrected chi connectivity index (χ3v) is 2.32. The number of aliphatic hydroxyl groups is 1. The first-order valence-corrected chi connectivity index (χ1v) is 3.58. The molecule has 1 rings (SSSR count). The topological polar surface area (TPSA) is 32.3 Å². The highest BCUT2D eigenvalue weighted by molar-refractivity contribution is 4.92. The van der Waals surface area contributed by atoms with Gasteiger partial charge in [0, 0.05) is 5.54 Å². The molecule has 1 saturated heterocycles. The molecule has 2 heteroatoms. The molecule has 0 bridgehead atoms. The van der Waals surface area contributed by atoms with Crippen molar-refractivity contribution in [3.8, 4) is 0 Å². The molecule has 9 heavy (non-hydrogen) atoms. The van der Waals surface area contributed by atoms with Crippen LogP contribution in [0.1, 0.15) is 26.7 Å². The van der Waals surface area contributed by atoms with Gasteiger partial charge in [0.05, 0.1) is 6.10 Å². The second-order valence-electron chi connectivity index (χ2n) is 3.12. The first-order valence-electron chi connectivity index (χ1n) is 3.58. The van der Waals surface area contributed by atoms with Crippen LogP contribution < -0.4 is 5.32 Å². The van der Waals surface area contributed by atoms with Crippen molar-refractivity contribution in [2.24, 2.45) is 0 Å². The highest BCUT2D eigenvalue weighted by Gasteiger charge is 2.32. The maximum atomic E-state index is 9.25. The molecular weight excluding hydrogens is 114 g/mol. The lowest BCUT2D eigenvalue weighted by Crippen LogP contribution is -2.45. The summed E-state index contributed by atoms with van der Waals surface area (Å²) < 4.78 is 0. The first-order chi connectivity index (χ1) is 4.15. The molecule has 1 aliphatic heterocycles. The molecule has 2 atom stereocenters. The van der Waals surface area contributed by atoms with Crippen molar-refractivity contribution in [1.29, 1.82) is 0 Å². The van der Waals surface area contributed by atoms with Crippen molar-refractivity contribution in [3.05, 3.63) is 0 Å². The summed E-state index contributed by atoms with van der Waals surface area (Å²) in [7, 11) is 0. The molecule has 0 aromatic heterocycles. The quantitative estimate of drug-likeness (QED) is 0.540. The van der Waals surface area contributed by atoms with E-state index >= 15 is 0 Å². The summed E-state index contributed by atoms with van der Waals surface area (Å²) in [6.07, 6.45) is 2.08. The van der Waals surface area contributed by atoms with E-state index in [-0.39, 0.29) is 11.6 Å². The SMILES string of the molecule is CC(O)[C@@]1(C)CCCN1. The molecule has 1 fully saturated rings. The van der Waals surface area contributed by atoms with Gasteiger partial charge in [-0.15, -0.1) is 0 Å². The van der Waals surface area contributed by atoms with Crippen LogP contribution in [0, 0.1) is 0 Å². The highest BCUT2D eigenvalue weighted by atomic mass is 16.3. The fourth-order valence-electron chi connectivity index (χ4n) is 1.27. The standard InChI is InChI=1S/C7H15NO/c1-6(9)7(2)4-3-5-8-7/h6,8-9H,3-5H2,1-2H3/t6?,7-/m1/s1. The summed E-state index contributed by atoms with van der Waals surface area (Å²) in [5, 5.41) is 12.5. The molecule has 2 nitrogen and oxygen atoms in total. The summed E-state index contributed by atoms with van der Waals surface area (Å²) in [5.41, 5.74) is 0. The molecule has 1 aliphatic rings. The molecular formula is C7H15NO. The average Bonchev–Trinajstić information content (AvgIpc) is 2.16. The zero-order valence-corrected chi connectivity index (χ0v) is 6.15. The third kappa shape index (κ3) is 1.25. The summed E-state index contributed by atoms with van der Waals surface area (Å²) in [6, 6.07) is 0. The normalized spacial score (nSPS) is 39.0. The number of nitrogens with one attached hydrogen (secondary N) is 1. The summed E-state index contributed by atoms with van der Waals surface area (Å²) in [5.74, 6) is 0. The van der Waals surface area contributed by atoms with Gasteiger partial charge in [0.1, 0.15) is 0 Å². The molecule has 0 aromatic rings. The average molecular weight is 129 g/mol. The van der Waals surface area contributed by atoms with E-state index in [9.17, 15) is 5.11 Å². The van der Waals surface area contributed by atoms with E-state index in [0.29, 0.717) is 0 Å². The van der Waals surface area contributed by atoms with E-state index in [4.69, 9.17) is 0 Å². The Hall–Kier alpha value is -0.0800. The third-order valence-electron chi connectivity index (χ3n) is 2.32. The minimum atomic E-state index is -0.222. The van der Waals surface area contributed by atoms with Gasteiger partial charge in [0.15, 0.2) is 0 Å². The van der Waals surface area contributed by atoms with Crippen molar-refractivity contribution in [1.82, 2.24) is 5.32 Å². The molecule has 0 aromatic carbocycles. The van der Waals surface area contributed by atoms with Crippen LogP contribution >= 0.6 is 0 Å². The Labute approximate surface area is 56.3 Å². The van der Waals surface area contributed by atoms with Gasteiger partial charge in [-0.3, -0.25) is 0 Å². The molecule has 0 amide bonds. The van der Waals surface area contributed by atoms with E-state index in [2.05, 4.69) is 12.2 Å². The molecule has 0 aliphatic carbocycles. The van der Waals surface area contributed by atoms with E-state index < -0.39 is 0 Å². The van der Waals surface area contributed by atoms with Gasteiger partial charge in [0.25, 0.3) is 0 Å². The highest BCUT2D eigenvalue weighted by Crippen LogP contribution is 2.21. The fraction of sp³-hybridized carbons (Fsp3) is 1.00. The van der Waals surface area contributed by atoms with Crippen LogP contribution in [0.25, 0.3) is 0 Å². The number of hydrogen-bond acceptors (Lipinski definition) is 2. The first kappa shape index (κ1) is 7.03. The van der Waals surface area contributed by atoms with E-state index in [1.807, 2.05) is 6.92 Å². The molecule has 0 spiro atoms. The van der Waals surface area contributed by atoms with E-state index in [1.54, 1.807) is 0 Å². The van der Waals surface area contributed by atoms with Crippen LogP contribution in [0.15, 0.2) is 0 Å². The van der Waals surface area contributed by atoms with Gasteiger partial charge in [-0.05, 0) is 33.2 Å². The molecule has 0 radical (unpaired) electrons. The maximum Gasteiger partial charge on any atom is 0.0690 e. The van der Waals surface area contributed by atoms with Gasteiger partial charge in [-0.2, -0.15) is 0 Å². The number of rotatable bonds is 1. The van der Waals surface area contributed by atoms with Gasteiger partial charge in [-0.25, -0.2) is 0 Å².